The second kappa shape index (κ2) is 8.71. The number of hydrogen-bond acceptors (Lipinski definition) is 2. The third-order valence-electron chi connectivity index (χ3n) is 5.32. The fraction of sp³-hybridized carbons (Fsp3) is 0.130. The van der Waals surface area contributed by atoms with Gasteiger partial charge in [-0.25, -0.2) is 0 Å². The van der Waals surface area contributed by atoms with Crippen LogP contribution in [0.25, 0.3) is 0 Å². The van der Waals surface area contributed by atoms with E-state index in [9.17, 15) is 14.7 Å². The third-order valence-corrected chi connectivity index (χ3v) is 6.62. The number of halogens is 4. The van der Waals surface area contributed by atoms with E-state index in [1.54, 1.807) is 60.7 Å². The van der Waals surface area contributed by atoms with E-state index in [0.29, 0.717) is 37.3 Å². The Kier molecular flexibility index (Phi) is 6.18. The quantitative estimate of drug-likeness (QED) is 0.430. The predicted octanol–water partition coefficient (Wildman–Crippen LogP) is 6.87. The van der Waals surface area contributed by atoms with E-state index in [2.05, 4.69) is 0 Å². The summed E-state index contributed by atoms with van der Waals surface area (Å²) in [5.41, 5.74) is 2.00. The average molecular weight is 495 g/mol. The van der Waals surface area contributed by atoms with Gasteiger partial charge >= 0.3 is 5.97 Å². The van der Waals surface area contributed by atoms with Crippen LogP contribution in [0.2, 0.25) is 20.1 Å². The molecule has 0 fully saturated rings. The largest absolute Gasteiger partial charge is 0.481 e. The summed E-state index contributed by atoms with van der Waals surface area (Å²) >= 11 is 24.7. The highest BCUT2D eigenvalue weighted by molar-refractivity contribution is 6.42. The van der Waals surface area contributed by atoms with E-state index in [-0.39, 0.29) is 17.5 Å². The van der Waals surface area contributed by atoms with Crippen LogP contribution in [0.15, 0.2) is 60.7 Å². The lowest BCUT2D eigenvalue weighted by Gasteiger charge is -2.41. The summed E-state index contributed by atoms with van der Waals surface area (Å²) in [4.78, 5) is 27.5. The molecule has 3 aromatic rings. The fourth-order valence-electron chi connectivity index (χ4n) is 3.96. The van der Waals surface area contributed by atoms with Crippen molar-refractivity contribution in [2.45, 2.75) is 18.5 Å². The summed E-state index contributed by atoms with van der Waals surface area (Å²) in [6.07, 6.45) is 0. The van der Waals surface area contributed by atoms with Crippen molar-refractivity contribution >= 4 is 58.3 Å². The molecule has 0 bridgehead atoms. The van der Waals surface area contributed by atoms with Gasteiger partial charge in [0.05, 0.1) is 16.1 Å². The summed E-state index contributed by atoms with van der Waals surface area (Å²) in [7, 11) is 0. The second-order valence-electron chi connectivity index (χ2n) is 7.20. The van der Waals surface area contributed by atoms with Gasteiger partial charge in [0.2, 0.25) is 0 Å². The topological polar surface area (TPSA) is 57.6 Å². The molecule has 1 amide bonds. The molecule has 0 aromatic heterocycles. The van der Waals surface area contributed by atoms with Crippen LogP contribution in [0.3, 0.4) is 0 Å². The maximum Gasteiger partial charge on any atom is 0.313 e. The van der Waals surface area contributed by atoms with Gasteiger partial charge in [0.1, 0.15) is 5.92 Å². The molecule has 2 atom stereocenters. The Bertz CT molecular complexity index is 1200. The molecule has 0 saturated heterocycles. The molecule has 8 heteroatoms. The monoisotopic (exact) mass is 493 g/mol. The maximum atomic E-state index is 13.5. The molecule has 4 rings (SSSR count). The number of carboxylic acids is 1. The number of rotatable bonds is 4. The smallest absolute Gasteiger partial charge is 0.313 e. The minimum absolute atomic E-state index is 0.122. The lowest BCUT2D eigenvalue weighted by molar-refractivity contribution is -0.140. The highest BCUT2D eigenvalue weighted by atomic mass is 35.5. The minimum Gasteiger partial charge on any atom is -0.481 e. The number of carboxylic acid groups (broad SMARTS) is 1. The highest BCUT2D eigenvalue weighted by Crippen LogP contribution is 2.46. The van der Waals surface area contributed by atoms with Crippen molar-refractivity contribution < 1.29 is 14.7 Å². The molecule has 4 nitrogen and oxygen atoms in total. The summed E-state index contributed by atoms with van der Waals surface area (Å²) in [6.45, 7) is 0.122. The molecule has 158 valence electrons. The van der Waals surface area contributed by atoms with Crippen molar-refractivity contribution in [1.82, 2.24) is 4.90 Å². The van der Waals surface area contributed by atoms with Crippen molar-refractivity contribution in [3.63, 3.8) is 0 Å². The first-order chi connectivity index (χ1) is 14.8. The molecule has 0 spiro atoms. The van der Waals surface area contributed by atoms with Gasteiger partial charge in [-0.3, -0.25) is 9.59 Å². The summed E-state index contributed by atoms with van der Waals surface area (Å²) in [5, 5.41) is 11.6. The number of hydrogen-bond donors (Lipinski definition) is 1. The molecule has 1 aliphatic rings. The van der Waals surface area contributed by atoms with E-state index >= 15 is 0 Å². The predicted molar refractivity (Wildman–Crippen MR) is 122 cm³/mol. The number of nitrogens with zero attached hydrogens (tertiary/aromatic N) is 1. The van der Waals surface area contributed by atoms with E-state index < -0.39 is 17.9 Å². The van der Waals surface area contributed by atoms with Gasteiger partial charge in [-0.15, -0.1) is 0 Å². The van der Waals surface area contributed by atoms with Gasteiger partial charge in [0.25, 0.3) is 5.91 Å². The van der Waals surface area contributed by atoms with E-state index in [0.717, 1.165) is 0 Å². The zero-order valence-electron chi connectivity index (χ0n) is 15.9. The molecule has 0 radical (unpaired) electrons. The van der Waals surface area contributed by atoms with Gasteiger partial charge in [-0.1, -0.05) is 76.7 Å². The molecular formula is C23H15Cl4NO3. The first kappa shape index (κ1) is 22.0. The average Bonchev–Trinajstić information content (AvgIpc) is 2.72. The van der Waals surface area contributed by atoms with E-state index in [1.807, 2.05) is 0 Å². The Morgan fingerprint density at radius 3 is 2.29 bits per heavy atom. The third kappa shape index (κ3) is 4.13. The number of carbonyl (C=O) groups is 2. The van der Waals surface area contributed by atoms with Crippen molar-refractivity contribution in [2.24, 2.45) is 0 Å². The SMILES string of the molecule is O=C(O)C1c2ccccc2C(=O)N(Cc2ccc(Cl)c(Cl)c2)C1c1ccc(Cl)cc1Cl. The van der Waals surface area contributed by atoms with Gasteiger partial charge in [-0.05, 0) is 47.0 Å². The zero-order valence-corrected chi connectivity index (χ0v) is 18.9. The lowest BCUT2D eigenvalue weighted by atomic mass is 9.79. The van der Waals surface area contributed by atoms with Crippen molar-refractivity contribution in [3.8, 4) is 0 Å². The van der Waals surface area contributed by atoms with E-state index in [4.69, 9.17) is 46.4 Å². The molecule has 1 N–H and O–H groups in total. The van der Waals surface area contributed by atoms with Crippen LogP contribution >= 0.6 is 46.4 Å². The van der Waals surface area contributed by atoms with E-state index in [1.165, 1.54) is 4.90 Å². The fourth-order valence-corrected chi connectivity index (χ4v) is 4.80. The summed E-state index contributed by atoms with van der Waals surface area (Å²) in [6, 6.07) is 15.8. The number of carbonyl (C=O) groups excluding carboxylic acids is 1. The number of fused-ring (bicyclic) bond motifs is 1. The van der Waals surface area contributed by atoms with Crippen LogP contribution in [0.5, 0.6) is 0 Å². The van der Waals surface area contributed by atoms with Crippen LogP contribution in [-0.4, -0.2) is 21.9 Å². The van der Waals surface area contributed by atoms with Gasteiger partial charge in [0.15, 0.2) is 0 Å². The molecular weight excluding hydrogens is 480 g/mol. The Labute approximate surface area is 198 Å². The first-order valence-electron chi connectivity index (χ1n) is 9.29. The molecule has 1 heterocycles. The first-order valence-corrected chi connectivity index (χ1v) is 10.8. The Hall–Kier alpha value is -2.24. The normalized spacial score (nSPS) is 18.1. The van der Waals surface area contributed by atoms with Crippen molar-refractivity contribution in [2.75, 3.05) is 0 Å². The lowest BCUT2D eigenvalue weighted by Crippen LogP contribution is -2.44. The van der Waals surface area contributed by atoms with Crippen LogP contribution in [0.4, 0.5) is 0 Å². The standard InChI is InChI=1S/C23H15Cl4NO3/c24-13-6-7-16(18(26)10-13)21-20(23(30)31)14-3-1-2-4-15(14)22(29)28(21)11-12-5-8-17(25)19(27)9-12/h1-10,20-21H,11H2,(H,30,31). The Morgan fingerprint density at radius 2 is 1.61 bits per heavy atom. The molecule has 2 unspecified atom stereocenters. The van der Waals surface area contributed by atoms with Gasteiger partial charge in [-0.2, -0.15) is 0 Å². The Balaban J connectivity index is 1.91. The Morgan fingerprint density at radius 1 is 0.871 bits per heavy atom. The van der Waals surface area contributed by atoms with Crippen molar-refractivity contribution in [1.29, 1.82) is 0 Å². The van der Waals surface area contributed by atoms with Crippen LogP contribution < -0.4 is 0 Å². The van der Waals surface area contributed by atoms with Crippen molar-refractivity contribution in [3.05, 3.63) is 103 Å². The summed E-state index contributed by atoms with van der Waals surface area (Å²) < 4.78 is 0. The minimum atomic E-state index is -1.06. The van der Waals surface area contributed by atoms with Crippen LogP contribution in [-0.2, 0) is 11.3 Å². The molecule has 0 saturated carbocycles. The summed E-state index contributed by atoms with van der Waals surface area (Å²) in [5.74, 6) is -2.37. The van der Waals surface area contributed by atoms with Gasteiger partial charge < -0.3 is 10.0 Å². The number of amides is 1. The molecule has 1 aliphatic heterocycles. The molecule has 0 aliphatic carbocycles. The van der Waals surface area contributed by atoms with Crippen LogP contribution in [0.1, 0.15) is 39.0 Å². The zero-order chi connectivity index (χ0) is 22.3. The number of aliphatic carboxylic acids is 1. The van der Waals surface area contributed by atoms with Gasteiger partial charge in [0, 0.05) is 22.2 Å². The molecule has 31 heavy (non-hydrogen) atoms. The van der Waals surface area contributed by atoms with Crippen LogP contribution in [0, 0.1) is 0 Å². The second-order valence-corrected chi connectivity index (χ2v) is 8.85. The number of benzene rings is 3. The molecule has 3 aromatic carbocycles. The highest BCUT2D eigenvalue weighted by Gasteiger charge is 2.45. The maximum absolute atomic E-state index is 13.5.